The minimum atomic E-state index is -0.512. The molecule has 124 valence electrons. The quantitative estimate of drug-likeness (QED) is 0.718. The Labute approximate surface area is 133 Å². The molecule has 1 aromatic rings. The molecule has 1 fully saturated rings. The predicted octanol–water partition coefficient (Wildman–Crippen LogP) is 0.684. The van der Waals surface area contributed by atoms with Crippen LogP contribution in [0.2, 0.25) is 0 Å². The molecule has 23 heavy (non-hydrogen) atoms. The molecule has 0 atom stereocenters. The second-order valence-electron chi connectivity index (χ2n) is 5.52. The molecule has 0 unspecified atom stereocenters. The molecule has 0 bridgehead atoms. The molecule has 0 aromatic heterocycles. The highest BCUT2D eigenvalue weighted by atomic mass is 19.1. The molecule has 8 heteroatoms. The topological polar surface area (TPSA) is 90.5 Å². The van der Waals surface area contributed by atoms with Gasteiger partial charge in [-0.3, -0.25) is 19.8 Å². The predicted molar refractivity (Wildman–Crippen MR) is 82.2 cm³/mol. The maximum absolute atomic E-state index is 12.8. The average molecular weight is 322 g/mol. The maximum atomic E-state index is 12.8. The number of imide groups is 1. The zero-order valence-electron chi connectivity index (χ0n) is 12.8. The number of likely N-dealkylation sites (N-methyl/N-ethyl adjacent to an activating group) is 1. The molecule has 1 aliphatic rings. The summed E-state index contributed by atoms with van der Waals surface area (Å²) in [5.41, 5.74) is 0.470. The van der Waals surface area contributed by atoms with E-state index in [1.54, 1.807) is 7.05 Å². The summed E-state index contributed by atoms with van der Waals surface area (Å²) in [5, 5.41) is 7.43. The van der Waals surface area contributed by atoms with Gasteiger partial charge < -0.3 is 10.6 Å². The fourth-order valence-corrected chi connectivity index (χ4v) is 1.90. The molecular formula is C15H19FN4O3. The van der Waals surface area contributed by atoms with E-state index in [9.17, 15) is 18.8 Å². The third kappa shape index (κ3) is 6.43. The standard InChI is InChI=1S/C15H19FN4O3/c1-20(9-14(22)19-15(23)18-12-6-7-12)8-13(21)17-11-4-2-10(16)3-5-11/h2-5,12H,6-9H2,1H3,(H,17,21)(H2,18,19,22,23). The second kappa shape index (κ2) is 7.68. The molecule has 0 radical (unpaired) electrons. The van der Waals surface area contributed by atoms with Crippen LogP contribution >= 0.6 is 0 Å². The van der Waals surface area contributed by atoms with Crippen LogP contribution < -0.4 is 16.0 Å². The van der Waals surface area contributed by atoms with Gasteiger partial charge in [0.2, 0.25) is 11.8 Å². The van der Waals surface area contributed by atoms with Gasteiger partial charge in [-0.15, -0.1) is 0 Å². The fraction of sp³-hybridized carbons (Fsp3) is 0.400. The van der Waals surface area contributed by atoms with Crippen molar-refractivity contribution in [2.75, 3.05) is 25.5 Å². The lowest BCUT2D eigenvalue weighted by molar-refractivity contribution is -0.122. The number of carbonyl (C=O) groups excluding carboxylic acids is 3. The summed E-state index contributed by atoms with van der Waals surface area (Å²) in [4.78, 5) is 36.3. The summed E-state index contributed by atoms with van der Waals surface area (Å²) in [7, 11) is 1.59. The summed E-state index contributed by atoms with van der Waals surface area (Å²) >= 11 is 0. The first kappa shape index (κ1) is 16.9. The first-order chi connectivity index (χ1) is 10.9. The van der Waals surface area contributed by atoms with E-state index in [-0.39, 0.29) is 30.9 Å². The van der Waals surface area contributed by atoms with E-state index in [0.717, 1.165) is 12.8 Å². The van der Waals surface area contributed by atoms with E-state index in [1.165, 1.54) is 29.2 Å². The molecule has 0 aliphatic heterocycles. The number of hydrogen-bond acceptors (Lipinski definition) is 4. The van der Waals surface area contributed by atoms with Crippen molar-refractivity contribution in [1.29, 1.82) is 0 Å². The van der Waals surface area contributed by atoms with E-state index in [2.05, 4.69) is 16.0 Å². The Morgan fingerprint density at radius 2 is 1.74 bits per heavy atom. The molecule has 2 rings (SSSR count). The number of nitrogens with zero attached hydrogens (tertiary/aromatic N) is 1. The number of amides is 4. The Morgan fingerprint density at radius 3 is 2.35 bits per heavy atom. The van der Waals surface area contributed by atoms with Gasteiger partial charge in [-0.25, -0.2) is 9.18 Å². The van der Waals surface area contributed by atoms with Crippen molar-refractivity contribution in [2.45, 2.75) is 18.9 Å². The molecule has 0 saturated heterocycles. The number of urea groups is 1. The molecule has 1 aliphatic carbocycles. The van der Waals surface area contributed by atoms with E-state index >= 15 is 0 Å². The Morgan fingerprint density at radius 1 is 1.13 bits per heavy atom. The van der Waals surface area contributed by atoms with Gasteiger partial charge in [0.15, 0.2) is 0 Å². The molecule has 1 saturated carbocycles. The monoisotopic (exact) mass is 322 g/mol. The van der Waals surface area contributed by atoms with Gasteiger partial charge in [-0.05, 0) is 44.2 Å². The Kier molecular flexibility index (Phi) is 5.64. The van der Waals surface area contributed by atoms with Crippen LogP contribution in [0.4, 0.5) is 14.9 Å². The molecule has 0 heterocycles. The maximum Gasteiger partial charge on any atom is 0.321 e. The van der Waals surface area contributed by atoms with Crippen LogP contribution in [0.25, 0.3) is 0 Å². The van der Waals surface area contributed by atoms with Crippen LogP contribution in [0.15, 0.2) is 24.3 Å². The number of anilines is 1. The Bertz CT molecular complexity index is 587. The van der Waals surface area contributed by atoms with Crippen molar-refractivity contribution in [3.63, 3.8) is 0 Å². The van der Waals surface area contributed by atoms with Gasteiger partial charge in [0, 0.05) is 11.7 Å². The average Bonchev–Trinajstić information content (AvgIpc) is 3.24. The zero-order valence-corrected chi connectivity index (χ0v) is 12.8. The molecular weight excluding hydrogens is 303 g/mol. The van der Waals surface area contributed by atoms with Crippen LogP contribution in [-0.2, 0) is 9.59 Å². The highest BCUT2D eigenvalue weighted by Crippen LogP contribution is 2.18. The second-order valence-corrected chi connectivity index (χ2v) is 5.52. The number of carbonyl (C=O) groups is 3. The SMILES string of the molecule is CN(CC(=O)NC(=O)NC1CC1)CC(=O)Nc1ccc(F)cc1. The summed E-state index contributed by atoms with van der Waals surface area (Å²) in [6.45, 7) is -0.121. The largest absolute Gasteiger partial charge is 0.335 e. The van der Waals surface area contributed by atoms with Crippen LogP contribution in [0, 0.1) is 5.82 Å². The van der Waals surface area contributed by atoms with E-state index in [4.69, 9.17) is 0 Å². The minimum Gasteiger partial charge on any atom is -0.335 e. The lowest BCUT2D eigenvalue weighted by Gasteiger charge is -2.15. The third-order valence-electron chi connectivity index (χ3n) is 3.12. The minimum absolute atomic E-state index is 0.0327. The van der Waals surface area contributed by atoms with Crippen molar-refractivity contribution in [2.24, 2.45) is 0 Å². The van der Waals surface area contributed by atoms with Crippen molar-refractivity contribution in [3.05, 3.63) is 30.1 Å². The lowest BCUT2D eigenvalue weighted by atomic mass is 10.3. The first-order valence-corrected chi connectivity index (χ1v) is 7.26. The number of rotatable bonds is 6. The van der Waals surface area contributed by atoms with Crippen LogP contribution in [0.1, 0.15) is 12.8 Å². The van der Waals surface area contributed by atoms with Crippen LogP contribution in [0.3, 0.4) is 0 Å². The van der Waals surface area contributed by atoms with Gasteiger partial charge in [0.05, 0.1) is 13.1 Å². The van der Waals surface area contributed by atoms with Gasteiger partial charge in [0.1, 0.15) is 5.82 Å². The van der Waals surface area contributed by atoms with Crippen molar-refractivity contribution >= 4 is 23.5 Å². The van der Waals surface area contributed by atoms with Crippen molar-refractivity contribution in [1.82, 2.24) is 15.5 Å². The van der Waals surface area contributed by atoms with Gasteiger partial charge in [-0.1, -0.05) is 0 Å². The van der Waals surface area contributed by atoms with E-state index < -0.39 is 11.9 Å². The van der Waals surface area contributed by atoms with Crippen molar-refractivity contribution in [3.8, 4) is 0 Å². The van der Waals surface area contributed by atoms with Crippen LogP contribution in [-0.4, -0.2) is 48.9 Å². The number of hydrogen-bond donors (Lipinski definition) is 3. The van der Waals surface area contributed by atoms with Crippen LogP contribution in [0.5, 0.6) is 0 Å². The Hall–Kier alpha value is -2.48. The highest BCUT2D eigenvalue weighted by Gasteiger charge is 2.24. The van der Waals surface area contributed by atoms with Gasteiger partial charge >= 0.3 is 6.03 Å². The summed E-state index contributed by atoms with van der Waals surface area (Å²) < 4.78 is 12.8. The van der Waals surface area contributed by atoms with E-state index in [0.29, 0.717) is 5.69 Å². The fourth-order valence-electron chi connectivity index (χ4n) is 1.90. The zero-order chi connectivity index (χ0) is 16.8. The molecule has 3 N–H and O–H groups in total. The van der Waals surface area contributed by atoms with Crippen molar-refractivity contribution < 1.29 is 18.8 Å². The van der Waals surface area contributed by atoms with Gasteiger partial charge in [-0.2, -0.15) is 0 Å². The summed E-state index contributed by atoms with van der Waals surface area (Å²) in [6.07, 6.45) is 1.87. The third-order valence-corrected chi connectivity index (χ3v) is 3.12. The summed E-state index contributed by atoms with van der Waals surface area (Å²) in [5.74, 6) is -1.21. The summed E-state index contributed by atoms with van der Waals surface area (Å²) in [6, 6.07) is 5.03. The first-order valence-electron chi connectivity index (χ1n) is 7.26. The molecule has 7 nitrogen and oxygen atoms in total. The number of halogens is 1. The normalized spacial score (nSPS) is 13.5. The Balaban J connectivity index is 1.69. The lowest BCUT2D eigenvalue weighted by Crippen LogP contribution is -2.45. The number of benzene rings is 1. The van der Waals surface area contributed by atoms with Gasteiger partial charge in [0.25, 0.3) is 0 Å². The van der Waals surface area contributed by atoms with E-state index in [1.807, 2.05) is 0 Å². The molecule has 1 aromatic carbocycles. The molecule has 0 spiro atoms. The smallest absolute Gasteiger partial charge is 0.321 e. The molecule has 4 amide bonds. The highest BCUT2D eigenvalue weighted by molar-refractivity contribution is 5.96. The number of nitrogens with one attached hydrogen (secondary N) is 3.